The Kier molecular flexibility index (Phi) is 4.14. The van der Waals surface area contributed by atoms with E-state index in [0.717, 1.165) is 43.8 Å². The Bertz CT molecular complexity index is 990. The van der Waals surface area contributed by atoms with Crippen LogP contribution in [0.1, 0.15) is 28.1 Å². The molecule has 0 saturated heterocycles. The van der Waals surface area contributed by atoms with Gasteiger partial charge in [-0.2, -0.15) is 0 Å². The predicted molar refractivity (Wildman–Crippen MR) is 101 cm³/mol. The van der Waals surface area contributed by atoms with E-state index in [1.807, 2.05) is 24.3 Å². The lowest BCUT2D eigenvalue weighted by Crippen LogP contribution is -2.33. The van der Waals surface area contributed by atoms with E-state index in [0.29, 0.717) is 5.39 Å². The molecule has 0 radical (unpaired) electrons. The molecule has 4 rings (SSSR count). The first kappa shape index (κ1) is 16.0. The largest absolute Gasteiger partial charge is 0.310 e. The first-order chi connectivity index (χ1) is 12.1. The van der Waals surface area contributed by atoms with Crippen LogP contribution in [0.15, 0.2) is 41.2 Å². The predicted octanol–water partition coefficient (Wildman–Crippen LogP) is 3.14. The number of rotatable bonds is 3. The zero-order valence-corrected chi connectivity index (χ0v) is 14.8. The maximum Gasteiger partial charge on any atom is 0.258 e. The molecule has 4 nitrogen and oxygen atoms in total. The lowest BCUT2D eigenvalue weighted by Gasteiger charge is -2.30. The van der Waals surface area contributed by atoms with Gasteiger partial charge in [0.15, 0.2) is 0 Å². The minimum atomic E-state index is -0.0455. The van der Waals surface area contributed by atoms with E-state index in [9.17, 15) is 4.79 Å². The summed E-state index contributed by atoms with van der Waals surface area (Å²) >= 11 is 0. The molecule has 0 atom stereocenters. The second kappa shape index (κ2) is 6.45. The highest BCUT2D eigenvalue weighted by molar-refractivity contribution is 5.77. The second-order valence-corrected chi connectivity index (χ2v) is 7.03. The van der Waals surface area contributed by atoms with E-state index in [4.69, 9.17) is 0 Å². The van der Waals surface area contributed by atoms with Gasteiger partial charge in [0.1, 0.15) is 5.82 Å². The van der Waals surface area contributed by atoms with Crippen molar-refractivity contribution < 1.29 is 0 Å². The van der Waals surface area contributed by atoms with E-state index in [-0.39, 0.29) is 5.56 Å². The topological polar surface area (TPSA) is 49.0 Å². The summed E-state index contributed by atoms with van der Waals surface area (Å²) in [6.07, 6.45) is 1.86. The highest BCUT2D eigenvalue weighted by Gasteiger charge is 2.18. The number of hydrogen-bond donors (Lipinski definition) is 1. The van der Waals surface area contributed by atoms with Crippen molar-refractivity contribution in [1.29, 1.82) is 0 Å². The molecule has 0 unspecified atom stereocenters. The molecule has 0 bridgehead atoms. The number of H-pyrrole nitrogens is 1. The summed E-state index contributed by atoms with van der Waals surface area (Å²) in [6, 6.07) is 12.1. The van der Waals surface area contributed by atoms with Crippen LogP contribution < -0.4 is 5.56 Å². The Balaban J connectivity index is 1.50. The maximum absolute atomic E-state index is 12.2. The monoisotopic (exact) mass is 333 g/mol. The summed E-state index contributed by atoms with van der Waals surface area (Å²) in [7, 11) is 0. The van der Waals surface area contributed by atoms with Gasteiger partial charge in [0.05, 0.1) is 10.9 Å². The van der Waals surface area contributed by atoms with Crippen molar-refractivity contribution >= 4 is 10.9 Å². The van der Waals surface area contributed by atoms with Gasteiger partial charge in [-0.25, -0.2) is 4.98 Å². The average molecular weight is 333 g/mol. The first-order valence-corrected chi connectivity index (χ1v) is 8.89. The Hall–Kier alpha value is -2.46. The smallest absolute Gasteiger partial charge is 0.258 e. The fourth-order valence-electron chi connectivity index (χ4n) is 3.82. The van der Waals surface area contributed by atoms with Gasteiger partial charge in [-0.15, -0.1) is 0 Å². The Labute approximate surface area is 147 Å². The molecule has 2 heterocycles. The summed E-state index contributed by atoms with van der Waals surface area (Å²) in [6.45, 7) is 7.33. The molecule has 2 aromatic carbocycles. The number of hydrogen-bond acceptors (Lipinski definition) is 3. The number of nitrogens with one attached hydrogen (secondary N) is 1. The highest BCUT2D eigenvalue weighted by atomic mass is 16.1. The number of benzene rings is 2. The van der Waals surface area contributed by atoms with Gasteiger partial charge in [-0.1, -0.05) is 29.8 Å². The number of nitrogens with zero attached hydrogens (tertiary/aromatic N) is 2. The fourth-order valence-corrected chi connectivity index (χ4v) is 3.82. The van der Waals surface area contributed by atoms with Gasteiger partial charge < -0.3 is 4.98 Å². The summed E-state index contributed by atoms with van der Waals surface area (Å²) in [4.78, 5) is 22.2. The second-order valence-electron chi connectivity index (χ2n) is 7.03. The molecule has 128 valence electrons. The SMILES string of the molecule is Cc1cc(C)c2c(c1)CCN(CCc1nc3ccccc3c(=O)[nH]1)C2. The van der Waals surface area contributed by atoms with Crippen LogP contribution in [-0.2, 0) is 19.4 Å². The molecule has 0 fully saturated rings. The van der Waals surface area contributed by atoms with Gasteiger partial charge >= 0.3 is 0 Å². The fraction of sp³-hybridized carbons (Fsp3) is 0.333. The maximum atomic E-state index is 12.2. The summed E-state index contributed by atoms with van der Waals surface area (Å²) in [5.74, 6) is 0.773. The Morgan fingerprint density at radius 2 is 2.04 bits per heavy atom. The number of aromatic nitrogens is 2. The van der Waals surface area contributed by atoms with Gasteiger partial charge in [-0.05, 0) is 49.1 Å². The molecule has 3 aromatic rings. The molecular formula is C21H23N3O. The van der Waals surface area contributed by atoms with Crippen LogP contribution in [0.2, 0.25) is 0 Å². The van der Waals surface area contributed by atoms with Crippen molar-refractivity contribution in [3.8, 4) is 0 Å². The van der Waals surface area contributed by atoms with Crippen LogP contribution in [0, 0.1) is 13.8 Å². The minimum Gasteiger partial charge on any atom is -0.310 e. The number of aryl methyl sites for hydroxylation is 2. The summed E-state index contributed by atoms with van der Waals surface area (Å²) in [5, 5.41) is 0.657. The van der Waals surface area contributed by atoms with E-state index in [2.05, 4.69) is 40.8 Å². The van der Waals surface area contributed by atoms with Crippen molar-refractivity contribution in [2.75, 3.05) is 13.1 Å². The zero-order valence-electron chi connectivity index (χ0n) is 14.8. The quantitative estimate of drug-likeness (QED) is 0.801. The number of para-hydroxylation sites is 1. The Morgan fingerprint density at radius 3 is 2.92 bits per heavy atom. The van der Waals surface area contributed by atoms with Gasteiger partial charge in [-0.3, -0.25) is 9.69 Å². The number of fused-ring (bicyclic) bond motifs is 2. The third-order valence-electron chi connectivity index (χ3n) is 5.12. The van der Waals surface area contributed by atoms with E-state index in [1.165, 1.54) is 22.3 Å². The van der Waals surface area contributed by atoms with Gasteiger partial charge in [0.2, 0.25) is 0 Å². The zero-order chi connectivity index (χ0) is 17.4. The average Bonchev–Trinajstić information content (AvgIpc) is 2.60. The third-order valence-corrected chi connectivity index (χ3v) is 5.12. The molecule has 1 aliphatic rings. The van der Waals surface area contributed by atoms with E-state index < -0.39 is 0 Å². The molecule has 0 amide bonds. The van der Waals surface area contributed by atoms with Crippen molar-refractivity contribution in [1.82, 2.24) is 14.9 Å². The molecule has 0 saturated carbocycles. The third kappa shape index (κ3) is 3.22. The molecule has 1 N–H and O–H groups in total. The van der Waals surface area contributed by atoms with Crippen LogP contribution in [-0.4, -0.2) is 28.0 Å². The van der Waals surface area contributed by atoms with Crippen LogP contribution in [0.4, 0.5) is 0 Å². The molecule has 0 spiro atoms. The van der Waals surface area contributed by atoms with Gasteiger partial charge in [0.25, 0.3) is 5.56 Å². The molecule has 0 aliphatic carbocycles. The highest BCUT2D eigenvalue weighted by Crippen LogP contribution is 2.24. The standard InChI is InChI=1S/C21H23N3O/c1-14-11-15(2)18-13-24(9-7-16(18)12-14)10-8-20-22-19-6-4-3-5-17(19)21(25)23-20/h3-6,11-12H,7-10,13H2,1-2H3,(H,22,23,25). The molecule has 1 aromatic heterocycles. The van der Waals surface area contributed by atoms with Crippen molar-refractivity contribution in [2.24, 2.45) is 0 Å². The van der Waals surface area contributed by atoms with Crippen LogP contribution >= 0.6 is 0 Å². The number of aromatic amines is 1. The molecule has 25 heavy (non-hydrogen) atoms. The molecular weight excluding hydrogens is 310 g/mol. The molecule has 4 heteroatoms. The van der Waals surface area contributed by atoms with Crippen LogP contribution in [0.25, 0.3) is 10.9 Å². The van der Waals surface area contributed by atoms with Crippen molar-refractivity contribution in [2.45, 2.75) is 33.2 Å². The first-order valence-electron chi connectivity index (χ1n) is 8.89. The van der Waals surface area contributed by atoms with Crippen molar-refractivity contribution in [3.05, 3.63) is 74.8 Å². The van der Waals surface area contributed by atoms with Crippen LogP contribution in [0.5, 0.6) is 0 Å². The lowest BCUT2D eigenvalue weighted by atomic mass is 9.93. The van der Waals surface area contributed by atoms with Crippen molar-refractivity contribution in [3.63, 3.8) is 0 Å². The van der Waals surface area contributed by atoms with E-state index in [1.54, 1.807) is 0 Å². The summed E-state index contributed by atoms with van der Waals surface area (Å²) < 4.78 is 0. The minimum absolute atomic E-state index is 0.0455. The lowest BCUT2D eigenvalue weighted by molar-refractivity contribution is 0.255. The summed E-state index contributed by atoms with van der Waals surface area (Å²) in [5.41, 5.74) is 6.43. The normalized spacial score (nSPS) is 14.6. The van der Waals surface area contributed by atoms with Crippen LogP contribution in [0.3, 0.4) is 0 Å². The molecule has 1 aliphatic heterocycles. The Morgan fingerprint density at radius 1 is 1.20 bits per heavy atom. The van der Waals surface area contributed by atoms with Gasteiger partial charge in [0, 0.05) is 26.1 Å². The van der Waals surface area contributed by atoms with E-state index >= 15 is 0 Å².